The molecule has 0 saturated carbocycles. The van der Waals surface area contributed by atoms with Gasteiger partial charge in [0.1, 0.15) is 12.4 Å². The average Bonchev–Trinajstić information content (AvgIpc) is 2.64. The van der Waals surface area contributed by atoms with Crippen LogP contribution >= 0.6 is 0 Å². The molecule has 0 aliphatic heterocycles. The van der Waals surface area contributed by atoms with Crippen LogP contribution in [0.1, 0.15) is 15.9 Å². The summed E-state index contributed by atoms with van der Waals surface area (Å²) in [4.78, 5) is 11.9. The zero-order valence-electron chi connectivity index (χ0n) is 9.93. The van der Waals surface area contributed by atoms with E-state index in [1.54, 1.807) is 0 Å². The van der Waals surface area contributed by atoms with Crippen LogP contribution in [0.5, 0.6) is 0 Å². The Balaban J connectivity index is 0.00000144. The monoisotopic (exact) mass is 294 g/mol. The zero-order chi connectivity index (χ0) is 11.5. The Bertz CT molecular complexity index is 520. The Morgan fingerprint density at radius 2 is 2.18 bits per heavy atom. The molecule has 90 valence electrons. The van der Waals surface area contributed by atoms with Gasteiger partial charge in [0.15, 0.2) is 6.54 Å². The number of benzene rings is 1. The molecule has 2 rings (SSSR count). The van der Waals surface area contributed by atoms with Crippen LogP contribution in [0.2, 0.25) is 0 Å². The normalized spacial score (nSPS) is 9.76. The topological polar surface area (TPSA) is 25.9 Å². The van der Waals surface area contributed by atoms with E-state index in [1.807, 2.05) is 66.1 Å². The smallest absolute Gasteiger partial charge is 0.243 e. The van der Waals surface area contributed by atoms with E-state index in [1.165, 1.54) is 0 Å². The fraction of sp³-hybridized carbons (Fsp3) is 0.231. The van der Waals surface area contributed by atoms with Crippen molar-refractivity contribution < 1.29 is 26.3 Å². The molecule has 1 aromatic heterocycles. The van der Waals surface area contributed by atoms with Crippen molar-refractivity contribution in [3.63, 3.8) is 0 Å². The van der Waals surface area contributed by atoms with E-state index in [-0.39, 0.29) is 22.8 Å². The fourth-order valence-corrected chi connectivity index (χ4v) is 1.67. The van der Waals surface area contributed by atoms with Gasteiger partial charge in [0, 0.05) is 5.56 Å². The Hall–Kier alpha value is -1.42. The lowest BCUT2D eigenvalue weighted by Gasteiger charge is -1.99. The summed E-state index contributed by atoms with van der Waals surface area (Å²) in [6.07, 6.45) is 5.71. The summed E-state index contributed by atoms with van der Waals surface area (Å²) in [6.45, 7) is 2.39. The number of hydrogen-bond acceptors (Lipinski definition) is 1. The third kappa shape index (κ3) is 3.53. The minimum atomic E-state index is 0. The molecule has 0 unspecified atom stereocenters. The van der Waals surface area contributed by atoms with E-state index < -0.39 is 0 Å². The molecule has 0 radical (unpaired) electrons. The second kappa shape index (κ2) is 5.77. The van der Waals surface area contributed by atoms with Gasteiger partial charge in [-0.25, -0.2) is 9.13 Å². The van der Waals surface area contributed by atoms with Crippen molar-refractivity contribution >= 4 is 5.78 Å². The Labute approximate surface area is 111 Å². The van der Waals surface area contributed by atoms with Gasteiger partial charge >= 0.3 is 0 Å². The van der Waals surface area contributed by atoms with Gasteiger partial charge in [0.25, 0.3) is 0 Å². The summed E-state index contributed by atoms with van der Waals surface area (Å²) in [6, 6.07) is 7.69. The van der Waals surface area contributed by atoms with E-state index in [0.717, 1.165) is 11.1 Å². The van der Waals surface area contributed by atoms with Gasteiger partial charge in [-0.2, -0.15) is 0 Å². The van der Waals surface area contributed by atoms with E-state index >= 15 is 0 Å². The highest BCUT2D eigenvalue weighted by molar-refractivity contribution is 5.96. The minimum absolute atomic E-state index is 0. The van der Waals surface area contributed by atoms with Crippen LogP contribution in [-0.2, 0) is 13.6 Å². The molecule has 1 aromatic carbocycles. The van der Waals surface area contributed by atoms with Crippen LogP contribution in [0.4, 0.5) is 0 Å². The summed E-state index contributed by atoms with van der Waals surface area (Å²) in [5.74, 6) is 0.139. The minimum Gasteiger partial charge on any atom is -1.00 e. The van der Waals surface area contributed by atoms with E-state index in [4.69, 9.17) is 0 Å². The third-order valence-corrected chi connectivity index (χ3v) is 2.49. The molecule has 0 spiro atoms. The molecular weight excluding hydrogens is 280 g/mol. The first-order valence-electron chi connectivity index (χ1n) is 5.26. The van der Waals surface area contributed by atoms with Crippen molar-refractivity contribution in [2.24, 2.45) is 7.05 Å². The first-order chi connectivity index (χ1) is 7.65. The fourth-order valence-electron chi connectivity index (χ4n) is 1.67. The van der Waals surface area contributed by atoms with Gasteiger partial charge in [0.2, 0.25) is 12.1 Å². The Morgan fingerprint density at radius 3 is 2.76 bits per heavy atom. The number of aryl methyl sites for hydroxylation is 2. The number of carbonyl (C=O) groups excluding carboxylic acids is 1. The van der Waals surface area contributed by atoms with E-state index in [0.29, 0.717) is 6.54 Å². The molecule has 0 bridgehead atoms. The maximum Gasteiger partial charge on any atom is 0.243 e. The van der Waals surface area contributed by atoms with Gasteiger partial charge in [-0.3, -0.25) is 4.79 Å². The first-order valence-corrected chi connectivity index (χ1v) is 5.26. The van der Waals surface area contributed by atoms with Gasteiger partial charge in [-0.05, 0) is 13.0 Å². The number of nitrogens with zero attached hydrogens (tertiary/aromatic N) is 2. The molecule has 17 heavy (non-hydrogen) atoms. The molecule has 4 heteroatoms. The standard InChI is InChI=1S/C13H15N2O.BrH/c1-11-4-3-5-12(8-11)13(16)9-15-7-6-14(2)10-15;/h3-8,10H,9H2,1-2H3;1H/q+1;/p-1. The van der Waals surface area contributed by atoms with Crippen molar-refractivity contribution in [1.82, 2.24) is 4.57 Å². The number of halogens is 1. The number of imidazole rings is 1. The van der Waals surface area contributed by atoms with Crippen LogP contribution in [0.3, 0.4) is 0 Å². The van der Waals surface area contributed by atoms with Crippen molar-refractivity contribution in [2.75, 3.05) is 0 Å². The SMILES string of the molecule is Cc1cccc(C(=O)Cn2cc[n+](C)c2)c1.[Br-]. The van der Waals surface area contributed by atoms with Crippen molar-refractivity contribution in [3.05, 3.63) is 54.1 Å². The average molecular weight is 295 g/mol. The predicted octanol–water partition coefficient (Wildman–Crippen LogP) is -1.49. The summed E-state index contributed by atoms with van der Waals surface area (Å²) >= 11 is 0. The van der Waals surface area contributed by atoms with Gasteiger partial charge in [0.05, 0.1) is 7.05 Å². The molecule has 0 aliphatic carbocycles. The highest BCUT2D eigenvalue weighted by atomic mass is 79.9. The molecule has 0 N–H and O–H groups in total. The molecule has 2 aromatic rings. The molecule has 0 atom stereocenters. The first kappa shape index (κ1) is 13.6. The van der Waals surface area contributed by atoms with Crippen molar-refractivity contribution in [3.8, 4) is 0 Å². The zero-order valence-corrected chi connectivity index (χ0v) is 11.5. The Morgan fingerprint density at radius 1 is 1.41 bits per heavy atom. The number of ketones is 1. The molecule has 0 saturated heterocycles. The quantitative estimate of drug-likeness (QED) is 0.500. The summed E-state index contributed by atoms with van der Waals surface area (Å²) < 4.78 is 3.80. The molecular formula is C13H15BrN2O. The number of aromatic nitrogens is 2. The predicted molar refractivity (Wildman–Crippen MR) is 61.1 cm³/mol. The lowest BCUT2D eigenvalue weighted by molar-refractivity contribution is -0.671. The molecule has 0 fully saturated rings. The van der Waals surface area contributed by atoms with Crippen molar-refractivity contribution in [2.45, 2.75) is 13.5 Å². The number of rotatable bonds is 3. The number of carbonyl (C=O) groups is 1. The third-order valence-electron chi connectivity index (χ3n) is 2.49. The van der Waals surface area contributed by atoms with Gasteiger partial charge < -0.3 is 17.0 Å². The summed E-state index contributed by atoms with van der Waals surface area (Å²) in [5, 5.41) is 0. The lowest BCUT2D eigenvalue weighted by atomic mass is 10.1. The van der Waals surface area contributed by atoms with Crippen LogP contribution in [-0.4, -0.2) is 10.4 Å². The molecule has 3 nitrogen and oxygen atoms in total. The van der Waals surface area contributed by atoms with Crippen LogP contribution < -0.4 is 21.5 Å². The maximum absolute atomic E-state index is 11.9. The number of hydrogen-bond donors (Lipinski definition) is 0. The van der Waals surface area contributed by atoms with Crippen LogP contribution in [0.15, 0.2) is 43.0 Å². The number of Topliss-reactive ketones (excluding diaryl/α,β-unsaturated/α-hetero) is 1. The summed E-state index contributed by atoms with van der Waals surface area (Å²) in [7, 11) is 1.94. The molecule has 1 heterocycles. The lowest BCUT2D eigenvalue weighted by Crippen LogP contribution is -3.00. The van der Waals surface area contributed by atoms with Crippen molar-refractivity contribution in [1.29, 1.82) is 0 Å². The molecule has 0 amide bonds. The van der Waals surface area contributed by atoms with Gasteiger partial charge in [-0.1, -0.05) is 23.8 Å². The Kier molecular flexibility index (Phi) is 4.63. The highest BCUT2D eigenvalue weighted by Gasteiger charge is 2.10. The summed E-state index contributed by atoms with van der Waals surface area (Å²) in [5.41, 5.74) is 1.89. The highest BCUT2D eigenvalue weighted by Crippen LogP contribution is 2.05. The molecule has 0 aliphatic rings. The van der Waals surface area contributed by atoms with Crippen LogP contribution in [0, 0.1) is 6.92 Å². The van der Waals surface area contributed by atoms with E-state index in [9.17, 15) is 4.79 Å². The second-order valence-corrected chi connectivity index (χ2v) is 4.04. The largest absolute Gasteiger partial charge is 1.00 e. The van der Waals surface area contributed by atoms with Gasteiger partial charge in [-0.15, -0.1) is 0 Å². The van der Waals surface area contributed by atoms with E-state index in [2.05, 4.69) is 0 Å². The second-order valence-electron chi connectivity index (χ2n) is 4.04. The maximum atomic E-state index is 11.9. The van der Waals surface area contributed by atoms with Crippen LogP contribution in [0.25, 0.3) is 0 Å².